The van der Waals surface area contributed by atoms with Crippen LogP contribution in [0, 0.1) is 5.82 Å². The van der Waals surface area contributed by atoms with Crippen LogP contribution in [0.1, 0.15) is 31.4 Å². The number of carbonyl (C=O) groups excluding carboxylic acids is 1. The molecule has 0 bridgehead atoms. The Morgan fingerprint density at radius 2 is 1.85 bits per heavy atom. The van der Waals surface area contributed by atoms with E-state index >= 15 is 0 Å². The molecule has 4 nitrogen and oxygen atoms in total. The molecule has 0 unspecified atom stereocenters. The number of ether oxygens (including phenoxy) is 1. The standard InChI is InChI=1S/C21H21FN2O2/c1-14(2)26-17-10-7-15(8-11-17)13-19-21(25)24-20(23-19)12-9-16-5-3-4-6-18(16)22/h3-8,10-11,13-14H,9,12H2,1-2H3,(H,23,24,25)/b19-13+. The minimum atomic E-state index is -0.240. The molecule has 0 spiro atoms. The van der Waals surface area contributed by atoms with Crippen molar-refractivity contribution in [3.63, 3.8) is 0 Å². The van der Waals surface area contributed by atoms with Crippen LogP contribution in [-0.4, -0.2) is 17.8 Å². The Balaban J connectivity index is 1.67. The minimum absolute atomic E-state index is 0.112. The number of nitrogens with one attached hydrogen (secondary N) is 1. The van der Waals surface area contributed by atoms with Crippen molar-refractivity contribution < 1.29 is 13.9 Å². The number of aliphatic imine (C=N–C) groups is 1. The van der Waals surface area contributed by atoms with Crippen molar-refractivity contribution in [3.8, 4) is 5.75 Å². The van der Waals surface area contributed by atoms with Crippen LogP contribution in [0.3, 0.4) is 0 Å². The van der Waals surface area contributed by atoms with E-state index in [-0.39, 0.29) is 17.8 Å². The van der Waals surface area contributed by atoms with Crippen molar-refractivity contribution in [2.75, 3.05) is 0 Å². The summed E-state index contributed by atoms with van der Waals surface area (Å²) in [6, 6.07) is 14.1. The van der Waals surface area contributed by atoms with Crippen LogP contribution in [0.15, 0.2) is 59.2 Å². The molecule has 0 radical (unpaired) electrons. The van der Waals surface area contributed by atoms with E-state index in [4.69, 9.17) is 4.74 Å². The zero-order valence-corrected chi connectivity index (χ0v) is 14.8. The van der Waals surface area contributed by atoms with Crippen LogP contribution in [0.25, 0.3) is 6.08 Å². The molecule has 0 aliphatic carbocycles. The van der Waals surface area contributed by atoms with Crippen molar-refractivity contribution in [2.24, 2.45) is 4.99 Å². The second-order valence-electron chi connectivity index (χ2n) is 6.37. The lowest BCUT2D eigenvalue weighted by molar-refractivity contribution is -0.115. The van der Waals surface area contributed by atoms with Gasteiger partial charge >= 0.3 is 0 Å². The lowest BCUT2D eigenvalue weighted by Crippen LogP contribution is -2.24. The lowest BCUT2D eigenvalue weighted by atomic mass is 10.1. The summed E-state index contributed by atoms with van der Waals surface area (Å²) in [7, 11) is 0. The molecule has 0 aromatic heterocycles. The summed E-state index contributed by atoms with van der Waals surface area (Å²) < 4.78 is 19.3. The summed E-state index contributed by atoms with van der Waals surface area (Å²) in [5, 5.41) is 2.75. The van der Waals surface area contributed by atoms with Crippen LogP contribution in [0.4, 0.5) is 4.39 Å². The Bertz CT molecular complexity index is 855. The number of hydrogen-bond acceptors (Lipinski definition) is 3. The number of halogens is 1. The van der Waals surface area contributed by atoms with Gasteiger partial charge in [0.15, 0.2) is 0 Å². The predicted octanol–water partition coefficient (Wildman–Crippen LogP) is 4.11. The minimum Gasteiger partial charge on any atom is -0.491 e. The third-order valence-corrected chi connectivity index (χ3v) is 3.89. The molecule has 1 aliphatic heterocycles. The van der Waals surface area contributed by atoms with E-state index in [0.29, 0.717) is 29.9 Å². The fourth-order valence-electron chi connectivity index (χ4n) is 2.66. The topological polar surface area (TPSA) is 50.7 Å². The number of benzene rings is 2. The van der Waals surface area contributed by atoms with Gasteiger partial charge in [-0.15, -0.1) is 0 Å². The van der Waals surface area contributed by atoms with E-state index in [0.717, 1.165) is 11.3 Å². The maximum absolute atomic E-state index is 13.7. The van der Waals surface area contributed by atoms with Crippen LogP contribution >= 0.6 is 0 Å². The van der Waals surface area contributed by atoms with Crippen molar-refractivity contribution in [2.45, 2.75) is 32.8 Å². The molecule has 0 saturated heterocycles. The van der Waals surface area contributed by atoms with Crippen LogP contribution in [0.2, 0.25) is 0 Å². The summed E-state index contributed by atoms with van der Waals surface area (Å²) in [4.78, 5) is 16.4. The molecule has 0 atom stereocenters. The molecule has 0 saturated carbocycles. The van der Waals surface area contributed by atoms with Crippen LogP contribution < -0.4 is 10.1 Å². The molecular formula is C21H21FN2O2. The van der Waals surface area contributed by atoms with E-state index in [1.54, 1.807) is 24.3 Å². The highest BCUT2D eigenvalue weighted by Crippen LogP contribution is 2.18. The zero-order valence-electron chi connectivity index (χ0n) is 14.8. The summed E-state index contributed by atoms with van der Waals surface area (Å²) in [6.45, 7) is 3.94. The van der Waals surface area contributed by atoms with Gasteiger partial charge in [-0.05, 0) is 55.7 Å². The lowest BCUT2D eigenvalue weighted by Gasteiger charge is -2.09. The Morgan fingerprint density at radius 1 is 1.12 bits per heavy atom. The summed E-state index contributed by atoms with van der Waals surface area (Å²) in [6.07, 6.45) is 2.80. The molecule has 0 fully saturated rings. The number of hydrogen-bond donors (Lipinski definition) is 1. The summed E-state index contributed by atoms with van der Waals surface area (Å²) in [5.74, 6) is 0.865. The first-order valence-corrected chi connectivity index (χ1v) is 8.62. The number of carbonyl (C=O) groups is 1. The monoisotopic (exact) mass is 352 g/mol. The third kappa shape index (κ3) is 4.57. The second kappa shape index (κ2) is 7.95. The highest BCUT2D eigenvalue weighted by molar-refractivity contribution is 6.14. The van der Waals surface area contributed by atoms with E-state index in [1.807, 2.05) is 38.1 Å². The van der Waals surface area contributed by atoms with Gasteiger partial charge in [-0.25, -0.2) is 9.38 Å². The SMILES string of the molecule is CC(C)Oc1ccc(/C=C2/N=C(CCc3ccccc3F)NC2=O)cc1. The zero-order chi connectivity index (χ0) is 18.5. The fraction of sp³-hybridized carbons (Fsp3) is 0.238. The van der Waals surface area contributed by atoms with Gasteiger partial charge in [0.2, 0.25) is 0 Å². The van der Waals surface area contributed by atoms with Gasteiger partial charge in [0.1, 0.15) is 23.1 Å². The van der Waals surface area contributed by atoms with E-state index < -0.39 is 0 Å². The van der Waals surface area contributed by atoms with Gasteiger partial charge in [-0.2, -0.15) is 0 Å². The van der Waals surface area contributed by atoms with E-state index in [9.17, 15) is 9.18 Å². The van der Waals surface area contributed by atoms with Gasteiger partial charge in [0.05, 0.1) is 6.10 Å². The number of nitrogens with zero attached hydrogens (tertiary/aromatic N) is 1. The van der Waals surface area contributed by atoms with E-state index in [2.05, 4.69) is 10.3 Å². The first kappa shape index (κ1) is 17.9. The predicted molar refractivity (Wildman–Crippen MR) is 100 cm³/mol. The normalized spacial score (nSPS) is 15.3. The van der Waals surface area contributed by atoms with Gasteiger partial charge < -0.3 is 10.1 Å². The van der Waals surface area contributed by atoms with Gasteiger partial charge in [-0.1, -0.05) is 30.3 Å². The number of amides is 1. The molecule has 1 amide bonds. The fourth-order valence-corrected chi connectivity index (χ4v) is 2.66. The Morgan fingerprint density at radius 3 is 2.54 bits per heavy atom. The highest BCUT2D eigenvalue weighted by Gasteiger charge is 2.19. The third-order valence-electron chi connectivity index (χ3n) is 3.89. The molecule has 1 heterocycles. The number of aryl methyl sites for hydroxylation is 1. The molecular weight excluding hydrogens is 331 g/mol. The smallest absolute Gasteiger partial charge is 0.275 e. The molecule has 1 N–H and O–H groups in total. The Hall–Kier alpha value is -2.95. The van der Waals surface area contributed by atoms with Gasteiger partial charge in [0.25, 0.3) is 5.91 Å². The first-order chi connectivity index (χ1) is 12.5. The quantitative estimate of drug-likeness (QED) is 0.795. The highest BCUT2D eigenvalue weighted by atomic mass is 19.1. The molecule has 2 aromatic carbocycles. The summed E-state index contributed by atoms with van der Waals surface area (Å²) in [5.41, 5.74) is 1.83. The Kier molecular flexibility index (Phi) is 5.46. The average molecular weight is 352 g/mol. The number of amidine groups is 1. The average Bonchev–Trinajstić information content (AvgIpc) is 2.95. The van der Waals surface area contributed by atoms with Crippen molar-refractivity contribution in [3.05, 3.63) is 71.2 Å². The van der Waals surface area contributed by atoms with E-state index in [1.165, 1.54) is 6.07 Å². The first-order valence-electron chi connectivity index (χ1n) is 8.62. The van der Waals surface area contributed by atoms with Crippen molar-refractivity contribution in [1.29, 1.82) is 0 Å². The molecule has 2 aromatic rings. The molecule has 3 rings (SSSR count). The summed E-state index contributed by atoms with van der Waals surface area (Å²) >= 11 is 0. The van der Waals surface area contributed by atoms with Crippen LogP contribution in [-0.2, 0) is 11.2 Å². The molecule has 5 heteroatoms. The molecule has 134 valence electrons. The molecule has 1 aliphatic rings. The Labute approximate surface area is 152 Å². The number of rotatable bonds is 6. The van der Waals surface area contributed by atoms with Crippen molar-refractivity contribution >= 4 is 17.8 Å². The van der Waals surface area contributed by atoms with Gasteiger partial charge in [-0.3, -0.25) is 4.79 Å². The van der Waals surface area contributed by atoms with Gasteiger partial charge in [0, 0.05) is 6.42 Å². The maximum Gasteiger partial charge on any atom is 0.275 e. The van der Waals surface area contributed by atoms with Crippen molar-refractivity contribution in [1.82, 2.24) is 5.32 Å². The van der Waals surface area contributed by atoms with Crippen LogP contribution in [0.5, 0.6) is 5.75 Å². The second-order valence-corrected chi connectivity index (χ2v) is 6.37. The largest absolute Gasteiger partial charge is 0.491 e. The molecule has 26 heavy (non-hydrogen) atoms. The maximum atomic E-state index is 13.7.